The third-order valence-corrected chi connectivity index (χ3v) is 13.3. The molecule has 21 heteroatoms. The van der Waals surface area contributed by atoms with Gasteiger partial charge in [0.2, 0.25) is 16.8 Å². The number of benzene rings is 2. The number of esters is 2. The zero-order chi connectivity index (χ0) is 48.5. The van der Waals surface area contributed by atoms with Crippen LogP contribution in [0, 0.1) is 24.7 Å². The van der Waals surface area contributed by atoms with Crippen LogP contribution in [0.15, 0.2) is 52.7 Å². The number of carbonyl (C=O) groups is 4. The van der Waals surface area contributed by atoms with Crippen LogP contribution in [0.1, 0.15) is 77.6 Å². The fourth-order valence-electron chi connectivity index (χ4n) is 7.63. The lowest BCUT2D eigenvalue weighted by Crippen LogP contribution is -2.53. The van der Waals surface area contributed by atoms with E-state index in [0.717, 1.165) is 10.7 Å². The van der Waals surface area contributed by atoms with Crippen LogP contribution in [0.2, 0.25) is 0 Å². The first-order valence-corrected chi connectivity index (χ1v) is 24.6. The smallest absolute Gasteiger partial charge is 0.408 e. The van der Waals surface area contributed by atoms with Gasteiger partial charge in [-0.15, -0.1) is 11.3 Å². The summed E-state index contributed by atoms with van der Waals surface area (Å²) in [6.45, 7) is 13.6. The van der Waals surface area contributed by atoms with Crippen molar-refractivity contribution in [2.75, 3.05) is 39.7 Å². The number of aromatic nitrogens is 1. The molecule has 368 valence electrons. The van der Waals surface area contributed by atoms with E-state index in [1.165, 1.54) is 33.8 Å². The standard InChI is InChI=1S/C46H62N4O15S2/c1-27(2)17-36(49-45(54)65-46(6,7)8)42(52)59-24-41(51)63-39(21-50(20-28(3)4)67(55,56)33-13-14-37-38(19-33)62-26-61-37)35(48-44(53)64-40-23-60-43-34(40)15-16-57-43)18-30-9-11-32(12-10-30)58-22-31-25-66-29(5)47-31/h9-14,19,25,27-28,34-36,39-40,43H,15-18,20-24,26H2,1-8H3,(H,48,53)(H,49,54)/t34-,35+,36+,39+,40-,43+/m0/s1. The summed E-state index contributed by atoms with van der Waals surface area (Å²) in [4.78, 5) is 58.3. The van der Waals surface area contributed by atoms with Crippen LogP contribution in [0.25, 0.3) is 0 Å². The van der Waals surface area contributed by atoms with Gasteiger partial charge in [-0.1, -0.05) is 39.8 Å². The Hall–Kier alpha value is -5.22. The first-order chi connectivity index (χ1) is 31.7. The predicted octanol–water partition coefficient (Wildman–Crippen LogP) is 5.90. The topological polar surface area (TPSA) is 226 Å². The highest BCUT2D eigenvalue weighted by Crippen LogP contribution is 2.36. The van der Waals surface area contributed by atoms with Crippen molar-refractivity contribution in [2.24, 2.45) is 17.8 Å². The molecule has 6 rings (SSSR count). The zero-order valence-electron chi connectivity index (χ0n) is 39.1. The minimum atomic E-state index is -4.34. The van der Waals surface area contributed by atoms with Gasteiger partial charge in [-0.3, -0.25) is 0 Å². The number of fused-ring (bicyclic) bond motifs is 2. The highest BCUT2D eigenvalue weighted by atomic mass is 32.2. The Morgan fingerprint density at radius 2 is 1.69 bits per heavy atom. The van der Waals surface area contributed by atoms with Crippen LogP contribution in [0.4, 0.5) is 9.59 Å². The first kappa shape index (κ1) is 51.2. The second kappa shape index (κ2) is 22.7. The molecule has 2 aromatic carbocycles. The molecule has 2 N–H and O–H groups in total. The molecule has 0 unspecified atom stereocenters. The van der Waals surface area contributed by atoms with Gasteiger partial charge in [0.25, 0.3) is 0 Å². The number of hydrogen-bond acceptors (Lipinski definition) is 17. The zero-order valence-corrected chi connectivity index (χ0v) is 40.8. The Balaban J connectivity index is 1.29. The third kappa shape index (κ3) is 14.9. The van der Waals surface area contributed by atoms with Crippen molar-refractivity contribution in [1.29, 1.82) is 0 Å². The molecular formula is C46H62N4O15S2. The quantitative estimate of drug-likeness (QED) is 0.0936. The van der Waals surface area contributed by atoms with Gasteiger partial charge in [-0.05, 0) is 88.6 Å². The number of amides is 2. The molecule has 3 aliphatic rings. The molecule has 2 saturated heterocycles. The second-order valence-corrected chi connectivity index (χ2v) is 21.4. The molecule has 2 amide bonds. The van der Waals surface area contributed by atoms with Crippen molar-refractivity contribution < 1.29 is 70.2 Å². The maximum absolute atomic E-state index is 14.6. The molecule has 67 heavy (non-hydrogen) atoms. The van der Waals surface area contributed by atoms with Gasteiger partial charge in [-0.2, -0.15) is 4.31 Å². The van der Waals surface area contributed by atoms with Crippen molar-refractivity contribution >= 4 is 45.5 Å². The molecule has 3 aliphatic heterocycles. The molecule has 0 saturated carbocycles. The maximum Gasteiger partial charge on any atom is 0.408 e. The molecule has 0 aliphatic carbocycles. The number of nitrogens with zero attached hydrogens (tertiary/aromatic N) is 2. The van der Waals surface area contributed by atoms with Gasteiger partial charge in [-0.25, -0.2) is 32.6 Å². The molecule has 4 heterocycles. The average Bonchev–Trinajstić information content (AvgIpc) is 4.07. The molecule has 1 aromatic heterocycles. The summed E-state index contributed by atoms with van der Waals surface area (Å²) < 4.78 is 81.3. The van der Waals surface area contributed by atoms with E-state index in [-0.39, 0.29) is 67.8 Å². The lowest BCUT2D eigenvalue weighted by molar-refractivity contribution is -0.164. The van der Waals surface area contributed by atoms with Crippen molar-refractivity contribution in [1.82, 2.24) is 19.9 Å². The van der Waals surface area contributed by atoms with Crippen LogP contribution < -0.4 is 24.8 Å². The van der Waals surface area contributed by atoms with Crippen LogP contribution >= 0.6 is 11.3 Å². The number of hydrogen-bond donors (Lipinski definition) is 2. The van der Waals surface area contributed by atoms with Crippen LogP contribution in [-0.4, -0.2) is 118 Å². The number of ether oxygens (including phenoxy) is 9. The Morgan fingerprint density at radius 1 is 0.940 bits per heavy atom. The van der Waals surface area contributed by atoms with E-state index in [1.807, 2.05) is 40.0 Å². The fourth-order valence-corrected chi connectivity index (χ4v) is 9.86. The molecule has 3 aromatic rings. The normalized spacial score (nSPS) is 19.1. The van der Waals surface area contributed by atoms with Gasteiger partial charge in [0.15, 0.2) is 24.4 Å². The van der Waals surface area contributed by atoms with Gasteiger partial charge >= 0.3 is 24.1 Å². The number of sulfonamides is 1. The summed E-state index contributed by atoms with van der Waals surface area (Å²) in [6.07, 6.45) is -3.48. The molecule has 2 fully saturated rings. The number of thiazole rings is 1. The van der Waals surface area contributed by atoms with E-state index in [1.54, 1.807) is 45.0 Å². The van der Waals surface area contributed by atoms with E-state index in [0.29, 0.717) is 30.1 Å². The number of aryl methyl sites for hydroxylation is 1. The lowest BCUT2D eigenvalue weighted by atomic mass is 10.0. The van der Waals surface area contributed by atoms with Gasteiger partial charge < -0.3 is 53.3 Å². The van der Waals surface area contributed by atoms with E-state index < -0.39 is 83.5 Å². The monoisotopic (exact) mass is 974 g/mol. The number of carbonyl (C=O) groups excluding carboxylic acids is 4. The van der Waals surface area contributed by atoms with Crippen molar-refractivity contribution in [3.63, 3.8) is 0 Å². The molecule has 0 bridgehead atoms. The molecule has 6 atom stereocenters. The lowest BCUT2D eigenvalue weighted by Gasteiger charge is -2.33. The summed E-state index contributed by atoms with van der Waals surface area (Å²) in [6, 6.07) is 8.98. The number of alkyl carbamates (subject to hydrolysis) is 2. The Kier molecular flexibility index (Phi) is 17.4. The first-order valence-electron chi connectivity index (χ1n) is 22.3. The SMILES string of the molecule is Cc1nc(COc2ccc(C[C@@H](NC(=O)O[C@H]3CO[C@H]4OCC[C@H]43)[C@@H](CN(CC(C)C)S(=O)(=O)c3ccc4c(c3)OCO4)OC(=O)COC(=O)[C@@H](CC(C)C)NC(=O)OC(C)(C)C)cc2)cs1. The molecular weight excluding hydrogens is 913 g/mol. The summed E-state index contributed by atoms with van der Waals surface area (Å²) in [5, 5.41) is 8.23. The predicted molar refractivity (Wildman–Crippen MR) is 242 cm³/mol. The molecule has 0 radical (unpaired) electrons. The number of nitrogens with one attached hydrogen (secondary N) is 2. The van der Waals surface area contributed by atoms with E-state index in [2.05, 4.69) is 15.6 Å². The third-order valence-electron chi connectivity index (χ3n) is 10.7. The van der Waals surface area contributed by atoms with Gasteiger partial charge in [0, 0.05) is 18.0 Å². The Bertz CT molecular complexity index is 2280. The summed E-state index contributed by atoms with van der Waals surface area (Å²) in [5.74, 6) is -1.28. The van der Waals surface area contributed by atoms with E-state index >= 15 is 0 Å². The summed E-state index contributed by atoms with van der Waals surface area (Å²) in [5.41, 5.74) is 0.590. The van der Waals surface area contributed by atoms with Crippen molar-refractivity contribution in [3.05, 3.63) is 64.1 Å². The van der Waals surface area contributed by atoms with Crippen molar-refractivity contribution in [2.45, 2.75) is 122 Å². The van der Waals surface area contributed by atoms with Crippen molar-refractivity contribution in [3.8, 4) is 17.2 Å². The maximum atomic E-state index is 14.6. The van der Waals surface area contributed by atoms with Crippen LogP contribution in [0.5, 0.6) is 17.2 Å². The van der Waals surface area contributed by atoms with Crippen LogP contribution in [0.3, 0.4) is 0 Å². The fraction of sp³-hybridized carbons (Fsp3) is 0.587. The van der Waals surface area contributed by atoms with E-state index in [9.17, 15) is 27.6 Å². The Morgan fingerprint density at radius 3 is 2.37 bits per heavy atom. The molecule has 0 spiro atoms. The summed E-state index contributed by atoms with van der Waals surface area (Å²) >= 11 is 1.52. The van der Waals surface area contributed by atoms with Crippen LogP contribution in [-0.2, 0) is 61.1 Å². The minimum absolute atomic E-state index is 0.00455. The highest BCUT2D eigenvalue weighted by molar-refractivity contribution is 7.89. The number of rotatable bonds is 21. The largest absolute Gasteiger partial charge is 0.487 e. The second-order valence-electron chi connectivity index (χ2n) is 18.4. The van der Waals surface area contributed by atoms with Gasteiger partial charge in [0.1, 0.15) is 36.2 Å². The minimum Gasteiger partial charge on any atom is -0.487 e. The molecule has 19 nitrogen and oxygen atoms in total. The summed E-state index contributed by atoms with van der Waals surface area (Å²) in [7, 11) is -4.34. The highest BCUT2D eigenvalue weighted by Gasteiger charge is 2.44. The Labute approximate surface area is 395 Å². The van der Waals surface area contributed by atoms with E-state index in [4.69, 9.17) is 42.6 Å². The van der Waals surface area contributed by atoms with Gasteiger partial charge in [0.05, 0.1) is 47.3 Å². The average molecular weight is 975 g/mol.